The molecule has 0 atom stereocenters. The van der Waals surface area contributed by atoms with Crippen molar-refractivity contribution in [3.05, 3.63) is 146 Å². The lowest BCUT2D eigenvalue weighted by Crippen LogP contribution is -1.94. The van der Waals surface area contributed by atoms with Gasteiger partial charge >= 0.3 is 0 Å². The summed E-state index contributed by atoms with van der Waals surface area (Å²) in [5.41, 5.74) is 6.35. The third kappa shape index (κ3) is 3.39. The number of aromatic nitrogens is 2. The summed E-state index contributed by atoms with van der Waals surface area (Å²) >= 11 is 0. The maximum atomic E-state index is 5.34. The van der Waals surface area contributed by atoms with E-state index in [4.69, 9.17) is 9.97 Å². The van der Waals surface area contributed by atoms with Crippen molar-refractivity contribution in [1.82, 2.24) is 9.97 Å². The fourth-order valence-corrected chi connectivity index (χ4v) is 6.67. The molecular weight excluding hydrogens is 508 g/mol. The van der Waals surface area contributed by atoms with Gasteiger partial charge in [-0.05, 0) is 44.5 Å². The van der Waals surface area contributed by atoms with E-state index in [9.17, 15) is 0 Å². The van der Waals surface area contributed by atoms with Crippen LogP contribution in [0.15, 0.2) is 146 Å². The van der Waals surface area contributed by atoms with Gasteiger partial charge in [0, 0.05) is 32.7 Å². The Bertz CT molecular complexity index is 2290. The maximum Gasteiger partial charge on any atom is 0.0787 e. The molecule has 2 heteroatoms. The van der Waals surface area contributed by atoms with Gasteiger partial charge in [-0.2, -0.15) is 0 Å². The highest BCUT2D eigenvalue weighted by Gasteiger charge is 2.19. The predicted octanol–water partition coefficient (Wildman–Crippen LogP) is 10.7. The standard InChI is InChI=1S/C40H24N2/c1-3-11-29-25(9-1)17-19-27-21-23-35(41-39(27)29)37-31-13-5-7-15-33(31)38(34-16-8-6-14-32(34)37)36-24-22-28-20-18-26-10-2-4-12-30(26)40(28)42-36/h1-24H. The molecule has 0 N–H and O–H groups in total. The normalized spacial score (nSPS) is 11.8. The third-order valence-corrected chi connectivity index (χ3v) is 8.61. The summed E-state index contributed by atoms with van der Waals surface area (Å²) < 4.78 is 0. The lowest BCUT2D eigenvalue weighted by molar-refractivity contribution is 1.42. The van der Waals surface area contributed by atoms with Gasteiger partial charge in [0.25, 0.3) is 0 Å². The molecule has 0 spiro atoms. The number of benzene rings is 7. The van der Waals surface area contributed by atoms with Crippen molar-refractivity contribution in [3.8, 4) is 22.5 Å². The van der Waals surface area contributed by atoms with E-state index in [1.165, 1.54) is 43.1 Å². The Kier molecular flexibility index (Phi) is 4.93. The first-order valence-electron chi connectivity index (χ1n) is 14.3. The molecule has 0 aliphatic carbocycles. The van der Waals surface area contributed by atoms with Crippen LogP contribution in [0.25, 0.3) is 87.4 Å². The van der Waals surface area contributed by atoms with Crippen molar-refractivity contribution in [2.24, 2.45) is 0 Å². The highest BCUT2D eigenvalue weighted by atomic mass is 14.7. The van der Waals surface area contributed by atoms with Gasteiger partial charge in [-0.15, -0.1) is 0 Å². The first-order valence-corrected chi connectivity index (χ1v) is 14.3. The zero-order chi connectivity index (χ0) is 27.6. The molecule has 7 aromatic carbocycles. The molecule has 0 radical (unpaired) electrons. The van der Waals surface area contributed by atoms with Crippen LogP contribution < -0.4 is 0 Å². The molecule has 2 heterocycles. The quantitative estimate of drug-likeness (QED) is 0.163. The third-order valence-electron chi connectivity index (χ3n) is 8.61. The summed E-state index contributed by atoms with van der Waals surface area (Å²) in [4.78, 5) is 10.7. The zero-order valence-electron chi connectivity index (χ0n) is 22.8. The van der Waals surface area contributed by atoms with Gasteiger partial charge in [-0.25, -0.2) is 9.97 Å². The van der Waals surface area contributed by atoms with E-state index < -0.39 is 0 Å². The minimum atomic E-state index is 0.982. The molecule has 0 saturated carbocycles. The minimum Gasteiger partial charge on any atom is -0.247 e. The number of rotatable bonds is 2. The summed E-state index contributed by atoms with van der Waals surface area (Å²) in [7, 11) is 0. The fraction of sp³-hybridized carbons (Fsp3) is 0. The van der Waals surface area contributed by atoms with E-state index in [0.29, 0.717) is 0 Å². The van der Waals surface area contributed by atoms with Crippen LogP contribution in [-0.4, -0.2) is 9.97 Å². The fourth-order valence-electron chi connectivity index (χ4n) is 6.67. The lowest BCUT2D eigenvalue weighted by Gasteiger charge is -2.17. The van der Waals surface area contributed by atoms with Gasteiger partial charge < -0.3 is 0 Å². The molecule has 194 valence electrons. The molecule has 0 bridgehead atoms. The average Bonchev–Trinajstić information content (AvgIpc) is 3.06. The largest absolute Gasteiger partial charge is 0.247 e. The highest BCUT2D eigenvalue weighted by molar-refractivity contribution is 6.21. The molecule has 0 fully saturated rings. The first kappa shape index (κ1) is 23.1. The molecular formula is C40H24N2. The Morgan fingerprint density at radius 2 is 0.571 bits per heavy atom. The number of hydrogen-bond acceptors (Lipinski definition) is 2. The molecule has 9 aromatic rings. The second kappa shape index (κ2) is 8.95. The summed E-state index contributed by atoms with van der Waals surface area (Å²) in [5, 5.41) is 11.8. The van der Waals surface area contributed by atoms with Crippen molar-refractivity contribution in [1.29, 1.82) is 0 Å². The zero-order valence-corrected chi connectivity index (χ0v) is 22.8. The van der Waals surface area contributed by atoms with Gasteiger partial charge in [0.15, 0.2) is 0 Å². The average molecular weight is 533 g/mol. The number of nitrogens with zero attached hydrogens (tertiary/aromatic N) is 2. The first-order chi connectivity index (χ1) is 20.8. The molecule has 2 nitrogen and oxygen atoms in total. The van der Waals surface area contributed by atoms with Crippen molar-refractivity contribution in [2.45, 2.75) is 0 Å². The Morgan fingerprint density at radius 1 is 0.262 bits per heavy atom. The SMILES string of the molecule is c1ccc2c(c1)ccc1ccc(-c3c4ccccc4c(-c4ccc5ccc6ccccc6c5n4)c4ccccc34)nc12. The Balaban J connectivity index is 1.38. The summed E-state index contributed by atoms with van der Waals surface area (Å²) in [5.74, 6) is 0. The Morgan fingerprint density at radius 3 is 0.976 bits per heavy atom. The number of hydrogen-bond donors (Lipinski definition) is 0. The van der Waals surface area contributed by atoms with Crippen molar-refractivity contribution in [2.75, 3.05) is 0 Å². The van der Waals surface area contributed by atoms with Crippen molar-refractivity contribution in [3.63, 3.8) is 0 Å². The maximum absolute atomic E-state index is 5.34. The second-order valence-electron chi connectivity index (χ2n) is 11.0. The molecule has 0 aliphatic heterocycles. The van der Waals surface area contributed by atoms with Gasteiger partial charge in [0.1, 0.15) is 0 Å². The van der Waals surface area contributed by atoms with Gasteiger partial charge in [-0.1, -0.05) is 133 Å². The molecule has 42 heavy (non-hydrogen) atoms. The van der Waals surface area contributed by atoms with E-state index in [1.54, 1.807) is 0 Å². The molecule has 0 aliphatic rings. The number of fused-ring (bicyclic) bond motifs is 8. The van der Waals surface area contributed by atoms with E-state index in [1.807, 2.05) is 0 Å². The lowest BCUT2D eigenvalue weighted by atomic mass is 9.88. The Labute approximate surface area is 242 Å². The minimum absolute atomic E-state index is 0.982. The smallest absolute Gasteiger partial charge is 0.0787 e. The molecule has 0 amide bonds. The van der Waals surface area contributed by atoms with Crippen LogP contribution in [0.3, 0.4) is 0 Å². The van der Waals surface area contributed by atoms with Crippen LogP contribution in [0.4, 0.5) is 0 Å². The molecule has 2 aromatic heterocycles. The van der Waals surface area contributed by atoms with Gasteiger partial charge in [0.05, 0.1) is 22.4 Å². The van der Waals surface area contributed by atoms with Crippen LogP contribution in [0.5, 0.6) is 0 Å². The number of pyridine rings is 2. The van der Waals surface area contributed by atoms with Crippen LogP contribution in [0, 0.1) is 0 Å². The molecule has 0 unspecified atom stereocenters. The summed E-state index contributed by atoms with van der Waals surface area (Å²) in [6, 6.07) is 51.9. The Hall–Kier alpha value is -5.60. The van der Waals surface area contributed by atoms with Crippen molar-refractivity contribution < 1.29 is 0 Å². The highest BCUT2D eigenvalue weighted by Crippen LogP contribution is 2.43. The molecule has 9 rings (SSSR count). The van der Waals surface area contributed by atoms with Gasteiger partial charge in [0.2, 0.25) is 0 Å². The summed E-state index contributed by atoms with van der Waals surface area (Å²) in [6.07, 6.45) is 0. The van der Waals surface area contributed by atoms with Gasteiger partial charge in [-0.3, -0.25) is 0 Å². The summed E-state index contributed by atoms with van der Waals surface area (Å²) in [6.45, 7) is 0. The van der Waals surface area contributed by atoms with Crippen LogP contribution >= 0.6 is 0 Å². The van der Waals surface area contributed by atoms with E-state index in [0.717, 1.165) is 44.3 Å². The van der Waals surface area contributed by atoms with E-state index in [2.05, 4.69) is 146 Å². The molecule has 0 saturated heterocycles. The van der Waals surface area contributed by atoms with Crippen LogP contribution in [0.2, 0.25) is 0 Å². The predicted molar refractivity (Wildman–Crippen MR) is 178 cm³/mol. The van der Waals surface area contributed by atoms with Crippen molar-refractivity contribution >= 4 is 64.9 Å². The van der Waals surface area contributed by atoms with Crippen LogP contribution in [-0.2, 0) is 0 Å². The van der Waals surface area contributed by atoms with Crippen LogP contribution in [0.1, 0.15) is 0 Å². The van der Waals surface area contributed by atoms with E-state index >= 15 is 0 Å². The monoisotopic (exact) mass is 532 g/mol. The topological polar surface area (TPSA) is 25.8 Å². The van der Waals surface area contributed by atoms with E-state index in [-0.39, 0.29) is 0 Å². The second-order valence-corrected chi connectivity index (χ2v) is 11.0.